The quantitative estimate of drug-likeness (QED) is 0.404. The van der Waals surface area contributed by atoms with Gasteiger partial charge in [0.25, 0.3) is 11.8 Å². The Morgan fingerprint density at radius 3 is 2.27 bits per heavy atom. The Balaban J connectivity index is 1.38. The van der Waals surface area contributed by atoms with Gasteiger partial charge in [0.15, 0.2) is 0 Å². The maximum absolute atomic E-state index is 13.2. The second kappa shape index (κ2) is 8.66. The summed E-state index contributed by atoms with van der Waals surface area (Å²) in [4.78, 5) is 42.2. The molecule has 0 N–H and O–H groups in total. The van der Waals surface area contributed by atoms with E-state index in [2.05, 4.69) is 30.8 Å². The first-order valence-electron chi connectivity index (χ1n) is 11.4. The fraction of sp³-hybridized carbons (Fsp3) is 0.250. The molecule has 0 unspecified atom stereocenters. The van der Waals surface area contributed by atoms with Crippen LogP contribution in [0.25, 0.3) is 10.8 Å². The molecule has 0 saturated carbocycles. The highest BCUT2D eigenvalue weighted by Gasteiger charge is 2.43. The SMILES string of the molecule is C=CC[C@@H]1C[C@@H](CN2C(=O)c3ccccc3C2=O)N(CCc2cccc3ccccc23)C1=O. The maximum Gasteiger partial charge on any atom is 0.261 e. The molecular weight excluding hydrogens is 412 g/mol. The molecule has 5 heteroatoms. The fourth-order valence-corrected chi connectivity index (χ4v) is 5.20. The van der Waals surface area contributed by atoms with Gasteiger partial charge in [-0.2, -0.15) is 0 Å². The monoisotopic (exact) mass is 438 g/mol. The molecule has 2 heterocycles. The number of rotatable bonds is 7. The van der Waals surface area contributed by atoms with Crippen molar-refractivity contribution >= 4 is 28.5 Å². The van der Waals surface area contributed by atoms with Crippen LogP contribution in [0.2, 0.25) is 0 Å². The van der Waals surface area contributed by atoms with E-state index in [4.69, 9.17) is 0 Å². The molecule has 3 aromatic carbocycles. The highest BCUT2D eigenvalue weighted by atomic mass is 16.2. The molecule has 2 aliphatic heterocycles. The Bertz CT molecular complexity index is 1220. The average molecular weight is 439 g/mol. The summed E-state index contributed by atoms with van der Waals surface area (Å²) in [6, 6.07) is 21.2. The van der Waals surface area contributed by atoms with Crippen molar-refractivity contribution in [1.29, 1.82) is 0 Å². The third kappa shape index (κ3) is 3.74. The van der Waals surface area contributed by atoms with Crippen molar-refractivity contribution in [3.05, 3.63) is 96.1 Å². The summed E-state index contributed by atoms with van der Waals surface area (Å²) >= 11 is 0. The lowest BCUT2D eigenvalue weighted by Gasteiger charge is -2.28. The van der Waals surface area contributed by atoms with Gasteiger partial charge in [0, 0.05) is 19.0 Å². The van der Waals surface area contributed by atoms with Crippen molar-refractivity contribution in [2.75, 3.05) is 13.1 Å². The van der Waals surface area contributed by atoms with Gasteiger partial charge in [0.05, 0.1) is 17.2 Å². The Morgan fingerprint density at radius 2 is 1.55 bits per heavy atom. The van der Waals surface area contributed by atoms with Crippen LogP contribution in [0.5, 0.6) is 0 Å². The first kappa shape index (κ1) is 21.1. The van der Waals surface area contributed by atoms with Gasteiger partial charge in [-0.05, 0) is 47.7 Å². The number of likely N-dealkylation sites (tertiary alicyclic amines) is 1. The van der Waals surface area contributed by atoms with Gasteiger partial charge < -0.3 is 4.90 Å². The van der Waals surface area contributed by atoms with Crippen LogP contribution in [0.1, 0.15) is 39.1 Å². The van der Waals surface area contributed by atoms with Gasteiger partial charge in [-0.15, -0.1) is 6.58 Å². The van der Waals surface area contributed by atoms with Crippen molar-refractivity contribution < 1.29 is 14.4 Å². The molecule has 3 aromatic rings. The number of imide groups is 1. The lowest BCUT2D eigenvalue weighted by atomic mass is 10.0. The minimum absolute atomic E-state index is 0.0803. The second-order valence-electron chi connectivity index (χ2n) is 8.80. The fourth-order valence-electron chi connectivity index (χ4n) is 5.20. The van der Waals surface area contributed by atoms with Crippen LogP contribution >= 0.6 is 0 Å². The number of hydrogen-bond acceptors (Lipinski definition) is 3. The zero-order chi connectivity index (χ0) is 22.9. The molecule has 2 atom stereocenters. The van der Waals surface area contributed by atoms with Crippen LogP contribution in [-0.4, -0.2) is 46.7 Å². The number of allylic oxidation sites excluding steroid dienone is 1. The first-order chi connectivity index (χ1) is 16.1. The number of nitrogens with zero attached hydrogens (tertiary/aromatic N) is 2. The van der Waals surface area contributed by atoms with Gasteiger partial charge in [-0.25, -0.2) is 0 Å². The van der Waals surface area contributed by atoms with Gasteiger partial charge in [-0.3, -0.25) is 19.3 Å². The molecule has 33 heavy (non-hydrogen) atoms. The van der Waals surface area contributed by atoms with E-state index in [9.17, 15) is 14.4 Å². The molecule has 1 fully saturated rings. The van der Waals surface area contributed by atoms with E-state index >= 15 is 0 Å². The van der Waals surface area contributed by atoms with Crippen molar-refractivity contribution in [2.24, 2.45) is 5.92 Å². The number of benzene rings is 3. The third-order valence-electron chi connectivity index (χ3n) is 6.85. The minimum atomic E-state index is -0.274. The molecule has 2 aliphatic rings. The summed E-state index contributed by atoms with van der Waals surface area (Å²) in [6.45, 7) is 4.57. The Morgan fingerprint density at radius 1 is 0.879 bits per heavy atom. The second-order valence-corrected chi connectivity index (χ2v) is 8.80. The zero-order valence-corrected chi connectivity index (χ0v) is 18.4. The molecule has 1 saturated heterocycles. The highest BCUT2D eigenvalue weighted by Crippen LogP contribution is 2.31. The van der Waals surface area contributed by atoms with Crippen molar-refractivity contribution in [3.8, 4) is 0 Å². The Kier molecular flexibility index (Phi) is 5.55. The summed E-state index contributed by atoms with van der Waals surface area (Å²) in [5.41, 5.74) is 2.07. The molecule has 0 radical (unpaired) electrons. The smallest absolute Gasteiger partial charge is 0.261 e. The van der Waals surface area contributed by atoms with Crippen molar-refractivity contribution in [2.45, 2.75) is 25.3 Å². The Labute approximate surface area is 193 Å². The van der Waals surface area contributed by atoms with E-state index in [-0.39, 0.29) is 36.2 Å². The minimum Gasteiger partial charge on any atom is -0.337 e. The lowest BCUT2D eigenvalue weighted by molar-refractivity contribution is -0.132. The standard InChI is InChI=1S/C28H26N2O3/c1-2-8-21-17-22(18-30-27(32)24-13-5-6-14-25(24)28(30)33)29(26(21)31)16-15-20-11-7-10-19-9-3-4-12-23(19)20/h2-7,9-14,21-22H,1,8,15-18H2/t21-,22+/m1/s1. The predicted octanol–water partition coefficient (Wildman–Crippen LogP) is 4.47. The number of carbonyl (C=O) groups excluding carboxylic acids is 3. The summed E-state index contributed by atoms with van der Waals surface area (Å²) < 4.78 is 0. The van der Waals surface area contributed by atoms with E-state index in [0.717, 1.165) is 0 Å². The van der Waals surface area contributed by atoms with Crippen LogP contribution < -0.4 is 0 Å². The molecule has 5 nitrogen and oxygen atoms in total. The molecule has 0 aliphatic carbocycles. The van der Waals surface area contributed by atoms with Crippen molar-refractivity contribution in [3.63, 3.8) is 0 Å². The lowest BCUT2D eigenvalue weighted by Crippen LogP contribution is -2.44. The molecule has 166 valence electrons. The number of hydrogen-bond donors (Lipinski definition) is 0. The number of fused-ring (bicyclic) bond motifs is 2. The van der Waals surface area contributed by atoms with Gasteiger partial charge in [0.1, 0.15) is 0 Å². The molecule has 0 aromatic heterocycles. The van der Waals surface area contributed by atoms with Crippen LogP contribution in [0, 0.1) is 5.92 Å². The Hall–Kier alpha value is -3.73. The van der Waals surface area contributed by atoms with Crippen LogP contribution in [0.3, 0.4) is 0 Å². The average Bonchev–Trinajstić information content (AvgIpc) is 3.26. The van der Waals surface area contributed by atoms with Crippen molar-refractivity contribution in [1.82, 2.24) is 9.80 Å². The molecular formula is C28H26N2O3. The summed E-state index contributed by atoms with van der Waals surface area (Å²) in [5, 5.41) is 2.36. The summed E-state index contributed by atoms with van der Waals surface area (Å²) in [5.74, 6) is -0.625. The number of amides is 3. The molecule has 0 spiro atoms. The third-order valence-corrected chi connectivity index (χ3v) is 6.85. The zero-order valence-electron chi connectivity index (χ0n) is 18.4. The van der Waals surface area contributed by atoms with Crippen LogP contribution in [-0.2, 0) is 11.2 Å². The molecule has 5 rings (SSSR count). The van der Waals surface area contributed by atoms with Gasteiger partial charge in [0.2, 0.25) is 5.91 Å². The molecule has 0 bridgehead atoms. The first-order valence-corrected chi connectivity index (χ1v) is 11.4. The van der Waals surface area contributed by atoms with Gasteiger partial charge >= 0.3 is 0 Å². The van der Waals surface area contributed by atoms with E-state index in [1.807, 2.05) is 23.1 Å². The molecule has 3 amide bonds. The number of carbonyl (C=O) groups is 3. The summed E-state index contributed by atoms with van der Waals surface area (Å²) in [7, 11) is 0. The van der Waals surface area contributed by atoms with E-state index in [1.165, 1.54) is 21.2 Å². The normalized spacial score (nSPS) is 20.1. The van der Waals surface area contributed by atoms with E-state index < -0.39 is 0 Å². The van der Waals surface area contributed by atoms with Crippen LogP contribution in [0.4, 0.5) is 0 Å². The largest absolute Gasteiger partial charge is 0.337 e. The maximum atomic E-state index is 13.2. The highest BCUT2D eigenvalue weighted by molar-refractivity contribution is 6.21. The van der Waals surface area contributed by atoms with Gasteiger partial charge in [-0.1, -0.05) is 60.7 Å². The van der Waals surface area contributed by atoms with E-state index in [0.29, 0.717) is 36.9 Å². The van der Waals surface area contributed by atoms with Crippen LogP contribution in [0.15, 0.2) is 79.4 Å². The topological polar surface area (TPSA) is 57.7 Å². The summed E-state index contributed by atoms with van der Waals surface area (Å²) in [6.07, 6.45) is 3.71. The predicted molar refractivity (Wildman–Crippen MR) is 128 cm³/mol. The van der Waals surface area contributed by atoms with E-state index in [1.54, 1.807) is 30.3 Å².